The van der Waals surface area contributed by atoms with E-state index in [4.69, 9.17) is 5.41 Å². The first kappa shape index (κ1) is 16.8. The smallest absolute Gasteiger partial charge is 0.212 e. The van der Waals surface area contributed by atoms with Crippen molar-refractivity contribution >= 4 is 37.8 Å². The van der Waals surface area contributed by atoms with E-state index in [0.29, 0.717) is 5.13 Å². The van der Waals surface area contributed by atoms with Crippen molar-refractivity contribution in [2.75, 3.05) is 10.7 Å². The summed E-state index contributed by atoms with van der Waals surface area (Å²) in [5.41, 5.74) is 3.94. The third kappa shape index (κ3) is 3.22. The van der Waals surface area contributed by atoms with Gasteiger partial charge in [0.15, 0.2) is 5.13 Å². The predicted octanol–water partition coefficient (Wildman–Crippen LogP) is 4.03. The van der Waals surface area contributed by atoms with Gasteiger partial charge in [0.05, 0.1) is 5.69 Å². The Labute approximate surface area is 158 Å². The van der Waals surface area contributed by atoms with Crippen LogP contribution in [0.15, 0.2) is 60.0 Å². The first-order chi connectivity index (χ1) is 12.6. The number of nitrogens with zero attached hydrogens (tertiary/aromatic N) is 2. The topological polar surface area (TPSA) is 57.1 Å². The van der Waals surface area contributed by atoms with Gasteiger partial charge in [0, 0.05) is 16.1 Å². The maximum absolute atomic E-state index is 12.5. The van der Waals surface area contributed by atoms with Gasteiger partial charge in [-0.1, -0.05) is 48.0 Å². The molecule has 26 heavy (non-hydrogen) atoms. The second-order valence-electron chi connectivity index (χ2n) is 5.92. The number of amides is 1. The van der Waals surface area contributed by atoms with Gasteiger partial charge in [-0.05, 0) is 30.4 Å². The number of anilines is 1. The number of carbonyl (C=O) groups excluding carboxylic acids is 1. The van der Waals surface area contributed by atoms with Gasteiger partial charge < -0.3 is 15.7 Å². The van der Waals surface area contributed by atoms with Gasteiger partial charge >= 0.3 is 0 Å². The highest BCUT2D eigenvalue weighted by Crippen LogP contribution is 2.30. The minimum atomic E-state index is -0.646. The number of benzene rings is 2. The van der Waals surface area contributed by atoms with Gasteiger partial charge in [-0.2, -0.15) is 0 Å². The van der Waals surface area contributed by atoms with Gasteiger partial charge in [-0.15, -0.1) is 11.3 Å². The van der Waals surface area contributed by atoms with Crippen LogP contribution in [0.5, 0.6) is 0 Å². The molecule has 3 aromatic rings. The summed E-state index contributed by atoms with van der Waals surface area (Å²) in [5, 5.41) is 14.5. The van der Waals surface area contributed by atoms with Crippen LogP contribution in [0.2, 0.25) is 0 Å². The molecule has 4 rings (SSSR count). The Hall–Kier alpha value is -2.66. The number of aryl methyl sites for hydroxylation is 1. The lowest BCUT2D eigenvalue weighted by atomic mass is 10.1. The molecule has 2 aromatic carbocycles. The fourth-order valence-electron chi connectivity index (χ4n) is 2.63. The zero-order chi connectivity index (χ0) is 18.1. The van der Waals surface area contributed by atoms with E-state index < -0.39 is 10.3 Å². The summed E-state index contributed by atoms with van der Waals surface area (Å²) >= 11 is 1.39. The highest BCUT2D eigenvalue weighted by atomic mass is 32.2. The number of rotatable bonds is 2. The van der Waals surface area contributed by atoms with E-state index in [1.807, 2.05) is 66.9 Å². The Bertz CT molecular complexity index is 1070. The van der Waals surface area contributed by atoms with Crippen molar-refractivity contribution in [1.29, 1.82) is 5.41 Å². The van der Waals surface area contributed by atoms with E-state index in [1.54, 1.807) is 0 Å². The van der Waals surface area contributed by atoms with Crippen molar-refractivity contribution in [3.05, 3.63) is 71.1 Å². The molecule has 130 valence electrons. The fraction of sp³-hybridized carbons (Fsp3) is 0.100. The van der Waals surface area contributed by atoms with Crippen LogP contribution in [0.4, 0.5) is 5.13 Å². The number of nitrogens with one attached hydrogen (secondary N) is 1. The Balaban J connectivity index is 1.65. The summed E-state index contributed by atoms with van der Waals surface area (Å²) in [7, 11) is -0.646. The quantitative estimate of drug-likeness (QED) is 0.685. The fourth-order valence-corrected chi connectivity index (χ4v) is 5.05. The van der Waals surface area contributed by atoms with Crippen LogP contribution < -0.4 is 4.90 Å². The molecular weight excluding hydrogens is 362 g/mol. The van der Waals surface area contributed by atoms with Crippen LogP contribution in [0, 0.1) is 17.5 Å². The number of amidine groups is 1. The van der Waals surface area contributed by atoms with Crippen molar-refractivity contribution in [3.63, 3.8) is 0 Å². The van der Waals surface area contributed by atoms with Gasteiger partial charge in [-0.3, -0.25) is 14.9 Å². The Morgan fingerprint density at radius 1 is 1.15 bits per heavy atom. The molecule has 1 aliphatic heterocycles. The molecule has 1 N–H and O–H groups in total. The highest BCUT2D eigenvalue weighted by Gasteiger charge is 2.24. The molecule has 1 amide bonds. The molecular formula is C20H16N3OS2-. The Morgan fingerprint density at radius 2 is 1.88 bits per heavy atom. The monoisotopic (exact) mass is 378 g/mol. The standard InChI is InChI=1S/C20H16N3OS2/c1-14-7-9-16(10-8-14)17-11-25-20(22-17)23-18(24)13-26(19(23)21)12-15-5-3-2-4-6-15/h2-11,21H,13H2,1H3/q-1. The summed E-state index contributed by atoms with van der Waals surface area (Å²) in [6.45, 7) is 2.04. The summed E-state index contributed by atoms with van der Waals surface area (Å²) in [6.07, 6.45) is 0. The minimum absolute atomic E-state index is 0.0911. The van der Waals surface area contributed by atoms with Crippen LogP contribution in [0.1, 0.15) is 11.1 Å². The van der Waals surface area contributed by atoms with Gasteiger partial charge in [-0.25, -0.2) is 4.98 Å². The molecule has 1 fully saturated rings. The molecule has 0 atom stereocenters. The van der Waals surface area contributed by atoms with Crippen molar-refractivity contribution in [1.82, 2.24) is 4.98 Å². The van der Waals surface area contributed by atoms with Gasteiger partial charge in [0.1, 0.15) is 0 Å². The number of hydrogen-bond donors (Lipinski definition) is 1. The minimum Gasteiger partial charge on any atom is -0.379 e. The first-order valence-electron chi connectivity index (χ1n) is 8.08. The average Bonchev–Trinajstić information content (AvgIpc) is 3.22. The predicted molar refractivity (Wildman–Crippen MR) is 109 cm³/mol. The second-order valence-corrected chi connectivity index (χ2v) is 8.42. The van der Waals surface area contributed by atoms with E-state index in [0.717, 1.165) is 16.8 Å². The van der Waals surface area contributed by atoms with Crippen LogP contribution in [0.25, 0.3) is 11.3 Å². The zero-order valence-electron chi connectivity index (χ0n) is 14.1. The van der Waals surface area contributed by atoms with Crippen molar-refractivity contribution in [3.8, 4) is 16.4 Å². The molecule has 6 heteroatoms. The lowest BCUT2D eigenvalue weighted by Gasteiger charge is -2.17. The molecule has 2 heterocycles. The third-order valence-electron chi connectivity index (χ3n) is 4.00. The lowest BCUT2D eigenvalue weighted by molar-refractivity contribution is -0.115. The first-order valence-corrected chi connectivity index (χ1v) is 10.4. The SMILES string of the molecule is Cc1ccc(-c2csc(N3C(=N)[S-](#Cc4ccccc4)CC3=O)n2)cc1. The second kappa shape index (κ2) is 6.92. The molecule has 1 saturated heterocycles. The van der Waals surface area contributed by atoms with Crippen molar-refractivity contribution < 1.29 is 4.79 Å². The van der Waals surface area contributed by atoms with Crippen molar-refractivity contribution in [2.45, 2.75) is 6.92 Å². The molecule has 0 spiro atoms. The zero-order valence-corrected chi connectivity index (χ0v) is 15.7. The lowest BCUT2D eigenvalue weighted by Crippen LogP contribution is -2.29. The molecule has 0 bridgehead atoms. The summed E-state index contributed by atoms with van der Waals surface area (Å²) < 4.78 is 0. The maximum atomic E-state index is 12.5. The van der Waals surface area contributed by atoms with Crippen molar-refractivity contribution in [2.24, 2.45) is 0 Å². The summed E-state index contributed by atoms with van der Waals surface area (Å²) in [6, 6.07) is 17.8. The summed E-state index contributed by atoms with van der Waals surface area (Å²) in [4.78, 5) is 18.5. The average molecular weight is 379 g/mol. The number of carbonyl (C=O) groups is 1. The number of aromatic nitrogens is 1. The molecule has 0 aliphatic carbocycles. The Kier molecular flexibility index (Phi) is 4.47. The molecule has 0 unspecified atom stereocenters. The molecule has 1 aliphatic rings. The summed E-state index contributed by atoms with van der Waals surface area (Å²) in [5.74, 6) is 0.194. The number of thiazole rings is 1. The van der Waals surface area contributed by atoms with Crippen LogP contribution in [0.3, 0.4) is 0 Å². The molecule has 1 aromatic heterocycles. The molecule has 4 nitrogen and oxygen atoms in total. The van der Waals surface area contributed by atoms with Gasteiger partial charge in [0.25, 0.3) is 0 Å². The highest BCUT2D eigenvalue weighted by molar-refractivity contribution is 8.03. The van der Waals surface area contributed by atoms with E-state index in [-0.39, 0.29) is 16.8 Å². The van der Waals surface area contributed by atoms with E-state index in [9.17, 15) is 4.79 Å². The van der Waals surface area contributed by atoms with E-state index >= 15 is 0 Å². The normalized spacial score (nSPS) is 14.7. The van der Waals surface area contributed by atoms with Crippen LogP contribution >= 0.6 is 11.3 Å². The maximum Gasteiger partial charge on any atom is 0.212 e. The van der Waals surface area contributed by atoms with Gasteiger partial charge in [0.2, 0.25) is 5.91 Å². The largest absolute Gasteiger partial charge is 0.379 e. The number of hydrogen-bond acceptors (Lipinski definition) is 5. The third-order valence-corrected chi connectivity index (χ3v) is 6.49. The Morgan fingerprint density at radius 3 is 2.62 bits per heavy atom. The molecule has 0 saturated carbocycles. The van der Waals surface area contributed by atoms with E-state index in [1.165, 1.54) is 21.8 Å². The molecule has 0 radical (unpaired) electrons. The van der Waals surface area contributed by atoms with Crippen LogP contribution in [-0.2, 0) is 15.1 Å². The van der Waals surface area contributed by atoms with Crippen LogP contribution in [-0.4, -0.2) is 21.8 Å². The van der Waals surface area contributed by atoms with E-state index in [2.05, 4.69) is 10.2 Å².